The van der Waals surface area contributed by atoms with Gasteiger partial charge in [0.05, 0.1) is 0 Å². The van der Waals surface area contributed by atoms with Crippen molar-refractivity contribution in [2.24, 2.45) is 5.92 Å². The number of aromatic amines is 1. The van der Waals surface area contributed by atoms with Gasteiger partial charge in [-0.3, -0.25) is 9.36 Å². The average molecular weight is 197 g/mol. The highest BCUT2D eigenvalue weighted by molar-refractivity contribution is 5.30. The van der Waals surface area contributed by atoms with Crippen LogP contribution in [0.1, 0.15) is 20.3 Å². The molecule has 0 bridgehead atoms. The summed E-state index contributed by atoms with van der Waals surface area (Å²) in [6.45, 7) is 4.40. The predicted octanol–water partition coefficient (Wildman–Crippen LogP) is 0.165. The molecule has 1 aromatic heterocycles. The molecule has 0 aliphatic heterocycles. The Labute approximate surface area is 81.6 Å². The number of hydrogen-bond acceptors (Lipinski definition) is 3. The van der Waals surface area contributed by atoms with Gasteiger partial charge in [-0.25, -0.2) is 4.79 Å². The van der Waals surface area contributed by atoms with Crippen molar-refractivity contribution < 1.29 is 0 Å². The normalized spacial score (nSPS) is 12.7. The maximum Gasteiger partial charge on any atom is 0.328 e. The van der Waals surface area contributed by atoms with Crippen molar-refractivity contribution in [1.82, 2.24) is 9.55 Å². The van der Waals surface area contributed by atoms with Crippen molar-refractivity contribution in [3.05, 3.63) is 27.0 Å². The van der Waals surface area contributed by atoms with Crippen molar-refractivity contribution in [2.75, 3.05) is 5.73 Å². The van der Waals surface area contributed by atoms with E-state index in [0.717, 1.165) is 11.0 Å². The number of hydrogen-bond donors (Lipinski definition) is 2. The number of H-pyrrole nitrogens is 1. The molecule has 5 nitrogen and oxygen atoms in total. The first-order valence-electron chi connectivity index (χ1n) is 4.64. The second-order valence-electron chi connectivity index (χ2n) is 3.48. The standard InChI is InChI=1S/C9H15N3O2/c1-3-6(2)5-12-8(13)7(10)4-11-9(12)14/h4,6H,3,5,10H2,1-2H3,(H,11,14). The van der Waals surface area contributed by atoms with Crippen LogP contribution in [-0.4, -0.2) is 9.55 Å². The van der Waals surface area contributed by atoms with Crippen LogP contribution < -0.4 is 17.0 Å². The summed E-state index contributed by atoms with van der Waals surface area (Å²) in [5.74, 6) is 0.288. The summed E-state index contributed by atoms with van der Waals surface area (Å²) in [5, 5.41) is 0. The number of nitrogens with two attached hydrogens (primary N) is 1. The molecule has 5 heteroatoms. The molecule has 0 aliphatic carbocycles. The van der Waals surface area contributed by atoms with Gasteiger partial charge in [0.2, 0.25) is 0 Å². The molecule has 0 spiro atoms. The van der Waals surface area contributed by atoms with Crippen molar-refractivity contribution in [2.45, 2.75) is 26.8 Å². The molecule has 0 aliphatic rings. The van der Waals surface area contributed by atoms with E-state index in [2.05, 4.69) is 4.98 Å². The van der Waals surface area contributed by atoms with Crippen molar-refractivity contribution in [3.8, 4) is 0 Å². The summed E-state index contributed by atoms with van der Waals surface area (Å²) in [6.07, 6.45) is 2.15. The van der Waals surface area contributed by atoms with Crippen molar-refractivity contribution >= 4 is 5.69 Å². The molecule has 0 saturated carbocycles. The Bertz CT molecular complexity index is 419. The van der Waals surface area contributed by atoms with Crippen LogP contribution in [0.4, 0.5) is 5.69 Å². The first kappa shape index (κ1) is 10.6. The third kappa shape index (κ3) is 2.04. The third-order valence-corrected chi connectivity index (χ3v) is 2.28. The molecular weight excluding hydrogens is 182 g/mol. The quantitative estimate of drug-likeness (QED) is 0.724. The van der Waals surface area contributed by atoms with Crippen LogP contribution in [-0.2, 0) is 6.54 Å². The molecule has 1 unspecified atom stereocenters. The van der Waals surface area contributed by atoms with Gasteiger partial charge < -0.3 is 10.7 Å². The van der Waals surface area contributed by atoms with E-state index in [9.17, 15) is 9.59 Å². The van der Waals surface area contributed by atoms with Crippen LogP contribution >= 0.6 is 0 Å². The summed E-state index contributed by atoms with van der Waals surface area (Å²) < 4.78 is 1.14. The number of nitrogen functional groups attached to an aromatic ring is 1. The fraction of sp³-hybridized carbons (Fsp3) is 0.556. The largest absolute Gasteiger partial charge is 0.393 e. The molecule has 1 rings (SSSR count). The second kappa shape index (κ2) is 4.13. The molecule has 0 fully saturated rings. The van der Waals surface area contributed by atoms with Crippen molar-refractivity contribution in [3.63, 3.8) is 0 Å². The van der Waals surface area contributed by atoms with Gasteiger partial charge in [-0.2, -0.15) is 0 Å². The Balaban J connectivity index is 3.14. The molecule has 1 atom stereocenters. The fourth-order valence-electron chi connectivity index (χ4n) is 1.13. The second-order valence-corrected chi connectivity index (χ2v) is 3.48. The summed E-state index contributed by atoms with van der Waals surface area (Å²) in [7, 11) is 0. The van der Waals surface area contributed by atoms with E-state index >= 15 is 0 Å². The van der Waals surface area contributed by atoms with Crippen LogP contribution in [0.25, 0.3) is 0 Å². The van der Waals surface area contributed by atoms with Gasteiger partial charge in [-0.1, -0.05) is 20.3 Å². The zero-order valence-electron chi connectivity index (χ0n) is 8.41. The molecule has 0 radical (unpaired) electrons. The first-order chi connectivity index (χ1) is 6.56. The molecule has 0 amide bonds. The number of aromatic nitrogens is 2. The van der Waals surface area contributed by atoms with E-state index in [4.69, 9.17) is 5.73 Å². The van der Waals surface area contributed by atoms with Gasteiger partial charge in [-0.05, 0) is 5.92 Å². The minimum absolute atomic E-state index is 0.0768. The molecule has 0 saturated heterocycles. The molecule has 3 N–H and O–H groups in total. The fourth-order valence-corrected chi connectivity index (χ4v) is 1.13. The third-order valence-electron chi connectivity index (χ3n) is 2.28. The molecule has 1 aromatic rings. The number of nitrogens with zero attached hydrogens (tertiary/aromatic N) is 1. The Morgan fingerprint density at radius 1 is 1.57 bits per heavy atom. The number of rotatable bonds is 3. The summed E-state index contributed by atoms with van der Waals surface area (Å²) in [4.78, 5) is 25.2. The topological polar surface area (TPSA) is 80.9 Å². The molecule has 1 heterocycles. The van der Waals surface area contributed by atoms with E-state index in [1.165, 1.54) is 6.20 Å². The minimum Gasteiger partial charge on any atom is -0.393 e. The van der Waals surface area contributed by atoms with E-state index in [1.807, 2.05) is 13.8 Å². The molecular formula is C9H15N3O2. The van der Waals surface area contributed by atoms with Crippen LogP contribution in [0.3, 0.4) is 0 Å². The molecule has 0 aromatic carbocycles. The van der Waals surface area contributed by atoms with Gasteiger partial charge in [0.15, 0.2) is 0 Å². The Morgan fingerprint density at radius 3 is 2.79 bits per heavy atom. The van der Waals surface area contributed by atoms with Gasteiger partial charge in [0.25, 0.3) is 5.56 Å². The zero-order valence-corrected chi connectivity index (χ0v) is 8.41. The number of anilines is 1. The molecule has 78 valence electrons. The molecule has 14 heavy (non-hydrogen) atoms. The predicted molar refractivity (Wildman–Crippen MR) is 55.2 cm³/mol. The van der Waals surface area contributed by atoms with Gasteiger partial charge in [-0.15, -0.1) is 0 Å². The van der Waals surface area contributed by atoms with Crippen LogP contribution in [0, 0.1) is 5.92 Å². The van der Waals surface area contributed by atoms with Gasteiger partial charge in [0.1, 0.15) is 5.69 Å². The zero-order chi connectivity index (χ0) is 10.7. The maximum absolute atomic E-state index is 11.5. The van der Waals surface area contributed by atoms with E-state index in [0.29, 0.717) is 6.54 Å². The lowest BCUT2D eigenvalue weighted by Crippen LogP contribution is -2.37. The van der Waals surface area contributed by atoms with Crippen LogP contribution in [0.2, 0.25) is 0 Å². The highest BCUT2D eigenvalue weighted by Crippen LogP contribution is 2.01. The summed E-state index contributed by atoms with van der Waals surface area (Å²) >= 11 is 0. The Hall–Kier alpha value is -1.52. The van der Waals surface area contributed by atoms with E-state index in [-0.39, 0.29) is 11.6 Å². The van der Waals surface area contributed by atoms with Gasteiger partial charge in [0, 0.05) is 12.7 Å². The van der Waals surface area contributed by atoms with Gasteiger partial charge >= 0.3 is 5.69 Å². The number of nitrogens with one attached hydrogen (secondary N) is 1. The lowest BCUT2D eigenvalue weighted by molar-refractivity contribution is 0.447. The maximum atomic E-state index is 11.5. The van der Waals surface area contributed by atoms with Crippen LogP contribution in [0.15, 0.2) is 15.8 Å². The van der Waals surface area contributed by atoms with Crippen LogP contribution in [0.5, 0.6) is 0 Å². The lowest BCUT2D eigenvalue weighted by atomic mass is 10.1. The highest BCUT2D eigenvalue weighted by atomic mass is 16.2. The summed E-state index contributed by atoms with van der Waals surface area (Å²) in [5.41, 5.74) is 4.67. The first-order valence-corrected chi connectivity index (χ1v) is 4.64. The monoisotopic (exact) mass is 197 g/mol. The summed E-state index contributed by atoms with van der Waals surface area (Å²) in [6, 6.07) is 0. The average Bonchev–Trinajstić information content (AvgIpc) is 2.18. The Morgan fingerprint density at radius 2 is 2.21 bits per heavy atom. The van der Waals surface area contributed by atoms with E-state index in [1.54, 1.807) is 0 Å². The minimum atomic E-state index is -0.408. The van der Waals surface area contributed by atoms with Crippen molar-refractivity contribution in [1.29, 1.82) is 0 Å². The Kier molecular flexibility index (Phi) is 3.11. The lowest BCUT2D eigenvalue weighted by Gasteiger charge is -2.09. The SMILES string of the molecule is CCC(C)Cn1c(=O)[nH]cc(N)c1=O. The highest BCUT2D eigenvalue weighted by Gasteiger charge is 2.07. The van der Waals surface area contributed by atoms with E-state index < -0.39 is 11.2 Å². The smallest absolute Gasteiger partial charge is 0.328 e.